The second-order valence-corrected chi connectivity index (χ2v) is 5.41. The van der Waals surface area contributed by atoms with E-state index in [2.05, 4.69) is 21.2 Å². The number of halogens is 1. The van der Waals surface area contributed by atoms with Crippen molar-refractivity contribution in [2.45, 2.75) is 25.4 Å². The lowest BCUT2D eigenvalue weighted by Gasteiger charge is -2.24. The number of benzene rings is 1. The Morgan fingerprint density at radius 2 is 1.88 bits per heavy atom. The van der Waals surface area contributed by atoms with Crippen molar-refractivity contribution in [2.75, 3.05) is 13.1 Å². The van der Waals surface area contributed by atoms with Crippen molar-refractivity contribution in [3.63, 3.8) is 0 Å². The monoisotopic (exact) mass is 283 g/mol. The molecular formula is C13H18BrNO. The molecule has 0 aromatic heterocycles. The number of rotatable bonds is 3. The Morgan fingerprint density at radius 1 is 1.25 bits per heavy atom. The number of aliphatic hydroxyl groups is 1. The number of hydrogen-bond donors (Lipinski definition) is 2. The largest absolute Gasteiger partial charge is 0.388 e. The molecule has 88 valence electrons. The summed E-state index contributed by atoms with van der Waals surface area (Å²) in [5, 5.41) is 13.5. The lowest BCUT2D eigenvalue weighted by Crippen LogP contribution is -2.28. The van der Waals surface area contributed by atoms with Gasteiger partial charge < -0.3 is 10.4 Å². The molecule has 16 heavy (non-hydrogen) atoms. The molecule has 0 bridgehead atoms. The quantitative estimate of drug-likeness (QED) is 0.894. The Bertz CT molecular complexity index is 319. The van der Waals surface area contributed by atoms with Crippen LogP contribution in [-0.4, -0.2) is 18.2 Å². The Kier molecular flexibility index (Phi) is 4.38. The maximum Gasteiger partial charge on any atom is 0.0792 e. The van der Waals surface area contributed by atoms with Gasteiger partial charge in [0.15, 0.2) is 0 Å². The standard InChI is InChI=1S/C13H18BrNO/c14-12-3-1-11(2-4-12)13(16)9-10-5-7-15-8-6-10/h1-4,10,13,15-16H,5-9H2. The fourth-order valence-electron chi connectivity index (χ4n) is 2.25. The molecule has 1 saturated heterocycles. The summed E-state index contributed by atoms with van der Waals surface area (Å²) in [5.41, 5.74) is 1.03. The first kappa shape index (κ1) is 12.1. The van der Waals surface area contributed by atoms with E-state index in [4.69, 9.17) is 0 Å². The molecule has 0 saturated carbocycles. The zero-order chi connectivity index (χ0) is 11.4. The van der Waals surface area contributed by atoms with E-state index in [9.17, 15) is 5.11 Å². The van der Waals surface area contributed by atoms with Gasteiger partial charge in [-0.3, -0.25) is 0 Å². The first-order valence-electron chi connectivity index (χ1n) is 5.90. The van der Waals surface area contributed by atoms with E-state index in [1.165, 1.54) is 12.8 Å². The van der Waals surface area contributed by atoms with Crippen LogP contribution in [0.15, 0.2) is 28.7 Å². The topological polar surface area (TPSA) is 32.3 Å². The van der Waals surface area contributed by atoms with Gasteiger partial charge in [0.25, 0.3) is 0 Å². The molecule has 2 nitrogen and oxygen atoms in total. The molecule has 1 atom stereocenters. The van der Waals surface area contributed by atoms with Gasteiger partial charge in [0.05, 0.1) is 6.10 Å². The maximum atomic E-state index is 10.1. The van der Waals surface area contributed by atoms with Crippen LogP contribution in [0.2, 0.25) is 0 Å². The van der Waals surface area contributed by atoms with Crippen LogP contribution in [0.1, 0.15) is 30.9 Å². The molecule has 1 aromatic carbocycles. The van der Waals surface area contributed by atoms with Gasteiger partial charge in [-0.05, 0) is 56.0 Å². The van der Waals surface area contributed by atoms with Gasteiger partial charge in [0.2, 0.25) is 0 Å². The Balaban J connectivity index is 1.91. The Morgan fingerprint density at radius 3 is 2.50 bits per heavy atom. The molecule has 1 aliphatic heterocycles. The van der Waals surface area contributed by atoms with Crippen molar-refractivity contribution in [2.24, 2.45) is 5.92 Å². The zero-order valence-electron chi connectivity index (χ0n) is 9.32. The summed E-state index contributed by atoms with van der Waals surface area (Å²) in [6.45, 7) is 2.19. The van der Waals surface area contributed by atoms with E-state index in [0.29, 0.717) is 5.92 Å². The molecule has 2 rings (SSSR count). The highest BCUT2D eigenvalue weighted by Crippen LogP contribution is 2.27. The van der Waals surface area contributed by atoms with Crippen LogP contribution in [0.5, 0.6) is 0 Å². The van der Waals surface area contributed by atoms with E-state index >= 15 is 0 Å². The fraction of sp³-hybridized carbons (Fsp3) is 0.538. The van der Waals surface area contributed by atoms with E-state index in [1.54, 1.807) is 0 Å². The molecule has 1 fully saturated rings. The molecule has 1 aliphatic rings. The van der Waals surface area contributed by atoms with E-state index in [1.807, 2.05) is 24.3 Å². The van der Waals surface area contributed by atoms with Gasteiger partial charge in [-0.15, -0.1) is 0 Å². The SMILES string of the molecule is OC(CC1CCNCC1)c1ccc(Br)cc1. The highest BCUT2D eigenvalue weighted by Gasteiger charge is 2.18. The van der Waals surface area contributed by atoms with Crippen LogP contribution in [-0.2, 0) is 0 Å². The summed E-state index contributed by atoms with van der Waals surface area (Å²) >= 11 is 3.40. The van der Waals surface area contributed by atoms with Gasteiger partial charge in [-0.25, -0.2) is 0 Å². The fourth-order valence-corrected chi connectivity index (χ4v) is 2.52. The molecule has 0 aliphatic carbocycles. The Labute approximate surface area is 105 Å². The minimum absolute atomic E-state index is 0.309. The van der Waals surface area contributed by atoms with Crippen molar-refractivity contribution in [1.29, 1.82) is 0 Å². The minimum Gasteiger partial charge on any atom is -0.388 e. The summed E-state index contributed by atoms with van der Waals surface area (Å²) < 4.78 is 1.06. The second-order valence-electron chi connectivity index (χ2n) is 4.50. The van der Waals surface area contributed by atoms with E-state index < -0.39 is 0 Å². The van der Waals surface area contributed by atoms with Crippen LogP contribution in [0.3, 0.4) is 0 Å². The normalized spacial score (nSPS) is 19.6. The van der Waals surface area contributed by atoms with E-state index in [0.717, 1.165) is 29.5 Å². The molecule has 2 N–H and O–H groups in total. The molecule has 0 spiro atoms. The third-order valence-electron chi connectivity index (χ3n) is 3.27. The number of nitrogens with one attached hydrogen (secondary N) is 1. The van der Waals surface area contributed by atoms with Gasteiger partial charge in [-0.2, -0.15) is 0 Å². The molecule has 1 unspecified atom stereocenters. The molecular weight excluding hydrogens is 266 g/mol. The average Bonchev–Trinajstić information content (AvgIpc) is 2.31. The van der Waals surface area contributed by atoms with Gasteiger partial charge in [-0.1, -0.05) is 28.1 Å². The first-order valence-corrected chi connectivity index (χ1v) is 6.69. The second kappa shape index (κ2) is 5.80. The van der Waals surface area contributed by atoms with Crippen molar-refractivity contribution >= 4 is 15.9 Å². The van der Waals surface area contributed by atoms with Gasteiger partial charge in [0.1, 0.15) is 0 Å². The zero-order valence-corrected chi connectivity index (χ0v) is 10.9. The summed E-state index contributed by atoms with van der Waals surface area (Å²) in [6, 6.07) is 7.97. The lowest BCUT2D eigenvalue weighted by molar-refractivity contribution is 0.133. The van der Waals surface area contributed by atoms with Gasteiger partial charge in [0, 0.05) is 4.47 Å². The number of hydrogen-bond acceptors (Lipinski definition) is 2. The number of aliphatic hydroxyl groups excluding tert-OH is 1. The lowest BCUT2D eigenvalue weighted by atomic mass is 9.90. The Hall–Kier alpha value is -0.380. The highest BCUT2D eigenvalue weighted by atomic mass is 79.9. The summed E-state index contributed by atoms with van der Waals surface area (Å²) in [4.78, 5) is 0. The average molecular weight is 284 g/mol. The summed E-state index contributed by atoms with van der Waals surface area (Å²) in [7, 11) is 0. The predicted octanol–water partition coefficient (Wildman–Crippen LogP) is 2.87. The molecule has 1 aromatic rings. The van der Waals surface area contributed by atoms with Crippen molar-refractivity contribution in [3.05, 3.63) is 34.3 Å². The van der Waals surface area contributed by atoms with Crippen molar-refractivity contribution in [3.8, 4) is 0 Å². The summed E-state index contributed by atoms with van der Waals surface area (Å²) in [6.07, 6.45) is 2.96. The van der Waals surface area contributed by atoms with Crippen LogP contribution in [0.4, 0.5) is 0 Å². The molecule has 0 amide bonds. The molecule has 0 radical (unpaired) electrons. The number of piperidine rings is 1. The third kappa shape index (κ3) is 3.30. The van der Waals surface area contributed by atoms with Crippen LogP contribution in [0, 0.1) is 5.92 Å². The maximum absolute atomic E-state index is 10.1. The highest BCUT2D eigenvalue weighted by molar-refractivity contribution is 9.10. The minimum atomic E-state index is -0.309. The third-order valence-corrected chi connectivity index (χ3v) is 3.80. The summed E-state index contributed by atoms with van der Waals surface area (Å²) in [5.74, 6) is 0.667. The van der Waals surface area contributed by atoms with Crippen molar-refractivity contribution < 1.29 is 5.11 Å². The predicted molar refractivity (Wildman–Crippen MR) is 69.3 cm³/mol. The first-order chi connectivity index (χ1) is 7.75. The van der Waals surface area contributed by atoms with Crippen molar-refractivity contribution in [1.82, 2.24) is 5.32 Å². The van der Waals surface area contributed by atoms with Gasteiger partial charge >= 0.3 is 0 Å². The van der Waals surface area contributed by atoms with E-state index in [-0.39, 0.29) is 6.10 Å². The smallest absolute Gasteiger partial charge is 0.0792 e. The van der Waals surface area contributed by atoms with Crippen LogP contribution >= 0.6 is 15.9 Å². The molecule has 3 heteroatoms. The molecule has 1 heterocycles. The van der Waals surface area contributed by atoms with Crippen LogP contribution < -0.4 is 5.32 Å². The van der Waals surface area contributed by atoms with Crippen LogP contribution in [0.25, 0.3) is 0 Å².